The molecule has 7 heteroatoms. The summed E-state index contributed by atoms with van der Waals surface area (Å²) >= 11 is 0. The van der Waals surface area contributed by atoms with E-state index in [0.29, 0.717) is 59.5 Å². The molecule has 0 saturated heterocycles. The second-order valence-electron chi connectivity index (χ2n) is 24.5. The first-order valence-corrected chi connectivity index (χ1v) is 36.2. The SMILES string of the molecule is CCCCCCCC/C=C\CCCCCCCCOCC(OCCCCCCCC/C=C\CCCCCCCC)C(CCCCCCCCCCCC)OCCOCCOCCOCCOC(C1=CCCC=C1)(c1ccccc1)c1ccccc1. The Bertz CT molecular complexity index is 1770. The number of unbranched alkanes of at least 4 members (excludes halogenated alkanes) is 33. The molecule has 486 valence electrons. The fourth-order valence-electron chi connectivity index (χ4n) is 11.7. The minimum Gasteiger partial charge on any atom is -0.379 e. The molecule has 7 nitrogen and oxygen atoms in total. The molecule has 0 spiro atoms. The number of hydrogen-bond acceptors (Lipinski definition) is 7. The van der Waals surface area contributed by atoms with E-state index in [1.807, 2.05) is 0 Å². The predicted molar refractivity (Wildman–Crippen MR) is 364 cm³/mol. The molecule has 85 heavy (non-hydrogen) atoms. The number of ether oxygens (including phenoxy) is 7. The van der Waals surface area contributed by atoms with Gasteiger partial charge in [0.15, 0.2) is 0 Å². The molecule has 2 aromatic rings. The summed E-state index contributed by atoms with van der Waals surface area (Å²) in [6.07, 6.45) is 69.4. The van der Waals surface area contributed by atoms with Crippen molar-refractivity contribution in [3.8, 4) is 0 Å². The van der Waals surface area contributed by atoms with E-state index in [0.717, 1.165) is 62.9 Å². The van der Waals surface area contributed by atoms with Crippen LogP contribution in [0.15, 0.2) is 109 Å². The standard InChI is InChI=1S/C78H132O7/c1-4-7-10-13-16-19-22-24-26-28-30-32-35-38-41-53-62-82-72-77(83-63-54-42-39-36-33-31-29-27-25-23-20-17-14-11-8-5-2)76(61-52-40-37-34-21-18-15-12-9-6-3)84-70-68-80-66-64-79-65-67-81-69-71-85-78(73-55-46-43-47-56-73,74-57-48-44-49-58-74)75-59-50-45-51-60-75/h24-27,43-44,46-50,55-60,76-77H,4-23,28-42,45,51-54,61-72H2,1-3H3/b26-24-,27-25-. The Morgan fingerprint density at radius 3 is 1.16 bits per heavy atom. The third-order valence-electron chi connectivity index (χ3n) is 16.9. The summed E-state index contributed by atoms with van der Waals surface area (Å²) in [5, 5.41) is 0. The molecule has 2 unspecified atom stereocenters. The normalized spacial score (nSPS) is 13.7. The Morgan fingerprint density at radius 2 is 0.729 bits per heavy atom. The van der Waals surface area contributed by atoms with E-state index in [1.54, 1.807) is 0 Å². The van der Waals surface area contributed by atoms with Crippen molar-refractivity contribution >= 4 is 0 Å². The minimum atomic E-state index is -0.706. The van der Waals surface area contributed by atoms with Crippen LogP contribution >= 0.6 is 0 Å². The van der Waals surface area contributed by atoms with Crippen LogP contribution in [0.2, 0.25) is 0 Å². The topological polar surface area (TPSA) is 64.6 Å². The zero-order chi connectivity index (χ0) is 60.1. The highest BCUT2D eigenvalue weighted by atomic mass is 16.6. The van der Waals surface area contributed by atoms with Crippen molar-refractivity contribution in [1.29, 1.82) is 0 Å². The zero-order valence-corrected chi connectivity index (χ0v) is 55.6. The number of allylic oxidation sites excluding steroid dienone is 6. The fourth-order valence-corrected chi connectivity index (χ4v) is 11.7. The van der Waals surface area contributed by atoms with Gasteiger partial charge in [0, 0.05) is 13.2 Å². The summed E-state index contributed by atoms with van der Waals surface area (Å²) in [5.41, 5.74) is 2.70. The lowest BCUT2D eigenvalue weighted by Crippen LogP contribution is -2.37. The zero-order valence-electron chi connectivity index (χ0n) is 55.6. The molecule has 2 atom stereocenters. The van der Waals surface area contributed by atoms with Gasteiger partial charge in [-0.1, -0.05) is 304 Å². The maximum atomic E-state index is 6.91. The first-order valence-electron chi connectivity index (χ1n) is 36.2. The highest BCUT2D eigenvalue weighted by Crippen LogP contribution is 2.42. The Hall–Kier alpha value is -2.88. The molecule has 0 heterocycles. The Kier molecular flexibility index (Phi) is 52.8. The smallest absolute Gasteiger partial charge is 0.143 e. The van der Waals surface area contributed by atoms with Crippen LogP contribution in [-0.2, 0) is 38.8 Å². The van der Waals surface area contributed by atoms with E-state index in [1.165, 1.54) is 230 Å². The van der Waals surface area contributed by atoms with Gasteiger partial charge in [-0.2, -0.15) is 0 Å². The molecular weight excluding hydrogens is 1050 g/mol. The monoisotopic (exact) mass is 1180 g/mol. The summed E-state index contributed by atoms with van der Waals surface area (Å²) in [6.45, 7) is 13.1. The Labute approximate surface area is 525 Å². The molecule has 0 saturated carbocycles. The van der Waals surface area contributed by atoms with Crippen molar-refractivity contribution in [1.82, 2.24) is 0 Å². The lowest BCUT2D eigenvalue weighted by atomic mass is 9.78. The van der Waals surface area contributed by atoms with Crippen LogP contribution in [-0.4, -0.2) is 84.9 Å². The van der Waals surface area contributed by atoms with Gasteiger partial charge in [0.2, 0.25) is 0 Å². The van der Waals surface area contributed by atoms with Gasteiger partial charge in [0.1, 0.15) is 11.7 Å². The summed E-state index contributed by atoms with van der Waals surface area (Å²) in [4.78, 5) is 0. The van der Waals surface area contributed by atoms with E-state index >= 15 is 0 Å². The maximum Gasteiger partial charge on any atom is 0.143 e. The van der Waals surface area contributed by atoms with Crippen molar-refractivity contribution in [3.63, 3.8) is 0 Å². The van der Waals surface area contributed by atoms with Gasteiger partial charge >= 0.3 is 0 Å². The average Bonchev–Trinajstić information content (AvgIpc) is 3.44. The second kappa shape index (κ2) is 58.8. The van der Waals surface area contributed by atoms with Crippen molar-refractivity contribution in [2.45, 2.75) is 302 Å². The van der Waals surface area contributed by atoms with Crippen LogP contribution in [0.1, 0.15) is 295 Å². The molecule has 0 aromatic heterocycles. The van der Waals surface area contributed by atoms with Gasteiger partial charge in [0.25, 0.3) is 0 Å². The quantitative estimate of drug-likeness (QED) is 0.0483. The first-order chi connectivity index (χ1) is 42.3. The first kappa shape index (κ1) is 76.4. The number of hydrogen-bond donors (Lipinski definition) is 0. The number of rotatable bonds is 64. The second-order valence-corrected chi connectivity index (χ2v) is 24.5. The van der Waals surface area contributed by atoms with Crippen LogP contribution in [0, 0.1) is 0 Å². The Morgan fingerprint density at radius 1 is 0.353 bits per heavy atom. The highest BCUT2D eigenvalue weighted by molar-refractivity contribution is 5.50. The maximum absolute atomic E-state index is 6.91. The number of benzene rings is 2. The summed E-state index contributed by atoms with van der Waals surface area (Å²) < 4.78 is 45.0. The van der Waals surface area contributed by atoms with E-state index in [9.17, 15) is 0 Å². The molecule has 0 bridgehead atoms. The third-order valence-corrected chi connectivity index (χ3v) is 16.9. The van der Waals surface area contributed by atoms with Crippen LogP contribution in [0.4, 0.5) is 0 Å². The average molecular weight is 1180 g/mol. The summed E-state index contributed by atoms with van der Waals surface area (Å²) in [7, 11) is 0. The molecule has 3 rings (SSSR count). The van der Waals surface area contributed by atoms with E-state index in [2.05, 4.69) is 124 Å². The molecule has 0 radical (unpaired) electrons. The van der Waals surface area contributed by atoms with Gasteiger partial charge < -0.3 is 33.2 Å². The highest BCUT2D eigenvalue weighted by Gasteiger charge is 2.38. The van der Waals surface area contributed by atoms with Gasteiger partial charge in [-0.3, -0.25) is 0 Å². The lowest BCUT2D eigenvalue weighted by molar-refractivity contribution is -0.116. The minimum absolute atomic E-state index is 0.00891. The predicted octanol–water partition coefficient (Wildman–Crippen LogP) is 22.4. The molecule has 2 aromatic carbocycles. The van der Waals surface area contributed by atoms with Crippen molar-refractivity contribution < 1.29 is 33.2 Å². The third kappa shape index (κ3) is 41.1. The van der Waals surface area contributed by atoms with Crippen molar-refractivity contribution in [2.24, 2.45) is 0 Å². The van der Waals surface area contributed by atoms with Gasteiger partial charge in [-0.15, -0.1) is 0 Å². The van der Waals surface area contributed by atoms with E-state index < -0.39 is 5.60 Å². The van der Waals surface area contributed by atoms with Crippen molar-refractivity contribution in [2.75, 3.05) is 72.7 Å². The molecule has 0 amide bonds. The Balaban J connectivity index is 1.43. The molecule has 0 N–H and O–H groups in total. The van der Waals surface area contributed by atoms with Crippen molar-refractivity contribution in [3.05, 3.63) is 120 Å². The summed E-state index contributed by atoms with van der Waals surface area (Å²) in [5.74, 6) is 0. The van der Waals surface area contributed by atoms with E-state index in [4.69, 9.17) is 33.2 Å². The van der Waals surface area contributed by atoms with Crippen LogP contribution in [0.3, 0.4) is 0 Å². The fraction of sp³-hybridized carbons (Fsp3) is 0.744. The van der Waals surface area contributed by atoms with Crippen LogP contribution in [0.5, 0.6) is 0 Å². The lowest BCUT2D eigenvalue weighted by Gasteiger charge is -2.37. The van der Waals surface area contributed by atoms with Gasteiger partial charge in [-0.05, 0) is 100 Å². The molecule has 1 aliphatic carbocycles. The van der Waals surface area contributed by atoms with Crippen LogP contribution in [0.25, 0.3) is 0 Å². The molecule has 0 fully saturated rings. The largest absolute Gasteiger partial charge is 0.379 e. The van der Waals surface area contributed by atoms with Gasteiger partial charge in [0.05, 0.1) is 65.6 Å². The van der Waals surface area contributed by atoms with E-state index in [-0.39, 0.29) is 12.2 Å². The molecule has 1 aliphatic rings. The van der Waals surface area contributed by atoms with Crippen LogP contribution < -0.4 is 0 Å². The van der Waals surface area contributed by atoms with Gasteiger partial charge in [-0.25, -0.2) is 0 Å². The summed E-state index contributed by atoms with van der Waals surface area (Å²) in [6, 6.07) is 21.2. The molecule has 0 aliphatic heterocycles. The molecular formula is C78H132O7.